The standard InChI is InChI=1S/C25H28F2N4O6S/c1-25(2,3)19(30-24(34)35)13-16-14-31(21(20(16)26)18-8-5-9-28-22(18)27)38(36,37)17-7-4-6-15(12-17)23(33)29-10-11-32/h4-9,12,14,19,30,32H,10-11,13H2,1-3H3,(H,29,33)(H,34,35). The smallest absolute Gasteiger partial charge is 0.404 e. The summed E-state index contributed by atoms with van der Waals surface area (Å²) in [5.74, 6) is -2.80. The van der Waals surface area contributed by atoms with Crippen LogP contribution in [-0.4, -0.2) is 58.8 Å². The quantitative estimate of drug-likeness (QED) is 0.299. The molecule has 4 N–H and O–H groups in total. The van der Waals surface area contributed by atoms with Crippen LogP contribution >= 0.6 is 0 Å². The molecule has 3 aromatic rings. The topological polar surface area (TPSA) is 151 Å². The molecule has 0 fully saturated rings. The van der Waals surface area contributed by atoms with E-state index in [9.17, 15) is 27.5 Å². The van der Waals surface area contributed by atoms with Crippen molar-refractivity contribution in [1.29, 1.82) is 0 Å². The van der Waals surface area contributed by atoms with Crippen LogP contribution in [0.2, 0.25) is 0 Å². The van der Waals surface area contributed by atoms with Gasteiger partial charge in [0.2, 0.25) is 5.95 Å². The number of rotatable bonds is 9. The molecule has 204 valence electrons. The Morgan fingerprint density at radius 3 is 2.47 bits per heavy atom. The first-order valence-corrected chi connectivity index (χ1v) is 13.0. The Morgan fingerprint density at radius 2 is 1.87 bits per heavy atom. The molecule has 13 heteroatoms. The fourth-order valence-corrected chi connectivity index (χ4v) is 5.21. The van der Waals surface area contributed by atoms with Crippen molar-refractivity contribution in [2.75, 3.05) is 13.2 Å². The van der Waals surface area contributed by atoms with Crippen molar-refractivity contribution >= 4 is 22.0 Å². The van der Waals surface area contributed by atoms with E-state index in [0.29, 0.717) is 3.97 Å². The molecule has 1 aromatic carbocycles. The number of benzene rings is 1. The summed E-state index contributed by atoms with van der Waals surface area (Å²) in [6, 6.07) is 6.62. The van der Waals surface area contributed by atoms with Crippen molar-refractivity contribution < 1.29 is 37.0 Å². The molecule has 0 aliphatic carbocycles. The van der Waals surface area contributed by atoms with Crippen molar-refractivity contribution in [1.82, 2.24) is 19.6 Å². The summed E-state index contributed by atoms with van der Waals surface area (Å²) in [4.78, 5) is 26.8. The number of carbonyl (C=O) groups excluding carboxylic acids is 1. The predicted octanol–water partition coefficient (Wildman–Crippen LogP) is 3.01. The molecule has 38 heavy (non-hydrogen) atoms. The number of hydrogen-bond acceptors (Lipinski definition) is 6. The van der Waals surface area contributed by atoms with E-state index in [-0.39, 0.29) is 35.6 Å². The highest BCUT2D eigenvalue weighted by Crippen LogP contribution is 2.34. The maximum absolute atomic E-state index is 15.9. The lowest BCUT2D eigenvalue weighted by molar-refractivity contribution is 0.0944. The van der Waals surface area contributed by atoms with Gasteiger partial charge in [0.15, 0.2) is 5.82 Å². The predicted molar refractivity (Wildman–Crippen MR) is 134 cm³/mol. The van der Waals surface area contributed by atoms with Crippen molar-refractivity contribution in [3.63, 3.8) is 0 Å². The third-order valence-corrected chi connectivity index (χ3v) is 7.47. The first-order chi connectivity index (χ1) is 17.8. The first kappa shape index (κ1) is 28.7. The molecule has 1 atom stereocenters. The minimum absolute atomic E-state index is 0.0278. The average molecular weight is 551 g/mol. The molecular weight excluding hydrogens is 522 g/mol. The summed E-state index contributed by atoms with van der Waals surface area (Å²) in [6.45, 7) is 4.82. The van der Waals surface area contributed by atoms with Gasteiger partial charge >= 0.3 is 6.09 Å². The second-order valence-electron chi connectivity index (χ2n) is 9.54. The lowest BCUT2D eigenvalue weighted by Crippen LogP contribution is -2.44. The summed E-state index contributed by atoms with van der Waals surface area (Å²) in [5, 5.41) is 22.9. The zero-order valence-corrected chi connectivity index (χ0v) is 21.7. The number of hydrogen-bond donors (Lipinski definition) is 4. The second-order valence-corrected chi connectivity index (χ2v) is 11.4. The maximum atomic E-state index is 15.9. The minimum atomic E-state index is -4.59. The number of amides is 2. The van der Waals surface area contributed by atoms with E-state index in [4.69, 9.17) is 5.11 Å². The molecule has 0 bridgehead atoms. The van der Waals surface area contributed by atoms with Crippen molar-refractivity contribution in [3.8, 4) is 11.3 Å². The summed E-state index contributed by atoms with van der Waals surface area (Å²) < 4.78 is 58.6. The van der Waals surface area contributed by atoms with Gasteiger partial charge in [0, 0.05) is 36.1 Å². The number of halogens is 2. The number of nitrogens with one attached hydrogen (secondary N) is 2. The summed E-state index contributed by atoms with van der Waals surface area (Å²) in [6.07, 6.45) is 0.531. The van der Waals surface area contributed by atoms with Gasteiger partial charge < -0.3 is 20.8 Å². The molecule has 3 rings (SSSR count). The van der Waals surface area contributed by atoms with Crippen LogP contribution in [0.4, 0.5) is 13.6 Å². The van der Waals surface area contributed by atoms with E-state index in [1.807, 2.05) is 0 Å². The molecule has 0 aliphatic heterocycles. The van der Waals surface area contributed by atoms with E-state index in [1.54, 1.807) is 20.8 Å². The molecular formula is C25H28F2N4O6S. The molecule has 2 aromatic heterocycles. The highest BCUT2D eigenvalue weighted by Gasteiger charge is 2.33. The SMILES string of the molecule is CC(C)(C)C(Cc1cn(S(=O)(=O)c2cccc(C(=O)NCCO)c2)c(-c2cccnc2F)c1F)NC(=O)O. The largest absolute Gasteiger partial charge is 0.465 e. The molecule has 0 aliphatic rings. The average Bonchev–Trinajstić information content (AvgIpc) is 3.18. The molecule has 0 spiro atoms. The Balaban J connectivity index is 2.20. The van der Waals surface area contributed by atoms with Gasteiger partial charge in [0.25, 0.3) is 15.9 Å². The van der Waals surface area contributed by atoms with E-state index < -0.39 is 56.5 Å². The lowest BCUT2D eigenvalue weighted by atomic mass is 9.83. The summed E-state index contributed by atoms with van der Waals surface area (Å²) in [7, 11) is -4.59. The Hall–Kier alpha value is -3.84. The number of carboxylic acid groups (broad SMARTS) is 1. The van der Waals surface area contributed by atoms with Crippen LogP contribution in [0.3, 0.4) is 0 Å². The van der Waals surface area contributed by atoms with Gasteiger partial charge in [-0.05, 0) is 42.2 Å². The Kier molecular flexibility index (Phi) is 8.52. The number of nitrogens with zero attached hydrogens (tertiary/aromatic N) is 2. The van der Waals surface area contributed by atoms with Gasteiger partial charge in [-0.1, -0.05) is 26.8 Å². The van der Waals surface area contributed by atoms with Crippen LogP contribution in [-0.2, 0) is 16.4 Å². The summed E-state index contributed by atoms with van der Waals surface area (Å²) >= 11 is 0. The fourth-order valence-electron chi connectivity index (χ4n) is 3.77. The Morgan fingerprint density at radius 1 is 1.16 bits per heavy atom. The molecule has 2 heterocycles. The molecule has 0 saturated heterocycles. The lowest BCUT2D eigenvalue weighted by Gasteiger charge is -2.30. The number of pyridine rings is 1. The van der Waals surface area contributed by atoms with Crippen LogP contribution in [0, 0.1) is 17.2 Å². The van der Waals surface area contributed by atoms with Crippen LogP contribution < -0.4 is 10.6 Å². The third kappa shape index (κ3) is 6.17. The molecule has 2 amide bonds. The normalized spacial score (nSPS) is 12.7. The third-order valence-electron chi connectivity index (χ3n) is 5.82. The van der Waals surface area contributed by atoms with Gasteiger partial charge in [-0.3, -0.25) is 4.79 Å². The van der Waals surface area contributed by atoms with Crippen LogP contribution in [0.5, 0.6) is 0 Å². The van der Waals surface area contributed by atoms with Gasteiger partial charge in [0.1, 0.15) is 5.69 Å². The van der Waals surface area contributed by atoms with Crippen LogP contribution in [0.25, 0.3) is 11.3 Å². The molecule has 0 radical (unpaired) electrons. The number of aliphatic hydroxyl groups is 1. The highest BCUT2D eigenvalue weighted by molar-refractivity contribution is 7.90. The maximum Gasteiger partial charge on any atom is 0.404 e. The zero-order chi connectivity index (χ0) is 28.3. The van der Waals surface area contributed by atoms with Crippen molar-refractivity contribution in [2.24, 2.45) is 5.41 Å². The van der Waals surface area contributed by atoms with Crippen LogP contribution in [0.1, 0.15) is 36.7 Å². The fraction of sp³-hybridized carbons (Fsp3) is 0.320. The number of aliphatic hydroxyl groups excluding tert-OH is 1. The number of aromatic nitrogens is 2. The van der Waals surface area contributed by atoms with E-state index in [1.165, 1.54) is 30.3 Å². The van der Waals surface area contributed by atoms with E-state index in [0.717, 1.165) is 18.5 Å². The van der Waals surface area contributed by atoms with E-state index >= 15 is 4.39 Å². The molecule has 1 unspecified atom stereocenters. The van der Waals surface area contributed by atoms with Gasteiger partial charge in [-0.15, -0.1) is 0 Å². The summed E-state index contributed by atoms with van der Waals surface area (Å²) in [5.41, 5.74) is -1.92. The second kappa shape index (κ2) is 11.3. The molecule has 0 saturated carbocycles. The Bertz CT molecular complexity index is 1450. The Labute approximate surface area is 218 Å². The minimum Gasteiger partial charge on any atom is -0.465 e. The van der Waals surface area contributed by atoms with Gasteiger partial charge in [-0.25, -0.2) is 26.6 Å². The van der Waals surface area contributed by atoms with Gasteiger partial charge in [0.05, 0.1) is 17.1 Å². The highest BCUT2D eigenvalue weighted by atomic mass is 32.2. The number of carbonyl (C=O) groups is 2. The first-order valence-electron chi connectivity index (χ1n) is 11.5. The van der Waals surface area contributed by atoms with Crippen LogP contribution in [0.15, 0.2) is 53.7 Å². The van der Waals surface area contributed by atoms with Crippen molar-refractivity contribution in [3.05, 3.63) is 71.7 Å². The van der Waals surface area contributed by atoms with Crippen molar-refractivity contribution in [2.45, 2.75) is 38.1 Å². The van der Waals surface area contributed by atoms with E-state index in [2.05, 4.69) is 15.6 Å². The molecule has 10 nitrogen and oxygen atoms in total. The van der Waals surface area contributed by atoms with Gasteiger partial charge in [-0.2, -0.15) is 4.39 Å². The zero-order valence-electron chi connectivity index (χ0n) is 20.9. The monoisotopic (exact) mass is 550 g/mol.